The van der Waals surface area contributed by atoms with Crippen LogP contribution in [0.15, 0.2) is 24.4 Å². The molecule has 3 N–H and O–H groups in total. The Balaban J connectivity index is 2.03. The van der Waals surface area contributed by atoms with Crippen molar-refractivity contribution in [1.29, 1.82) is 0 Å². The van der Waals surface area contributed by atoms with E-state index in [2.05, 4.69) is 17.2 Å². The number of thiazole rings is 1. The molecule has 0 atom stereocenters. The van der Waals surface area contributed by atoms with Crippen molar-refractivity contribution in [3.8, 4) is 0 Å². The fourth-order valence-electron chi connectivity index (χ4n) is 1.72. The Hall–Kier alpha value is -1.88. The highest BCUT2D eigenvalue weighted by atomic mass is 32.1. The number of aromatic nitrogens is 1. The van der Waals surface area contributed by atoms with Gasteiger partial charge in [-0.3, -0.25) is 4.79 Å². The van der Waals surface area contributed by atoms with Crippen LogP contribution >= 0.6 is 11.3 Å². The molecule has 1 aromatic heterocycles. The molecule has 100 valence electrons. The highest BCUT2D eigenvalue weighted by Crippen LogP contribution is 2.17. The van der Waals surface area contributed by atoms with Crippen molar-refractivity contribution in [1.82, 2.24) is 10.3 Å². The van der Waals surface area contributed by atoms with Crippen LogP contribution in [0, 0.1) is 6.92 Å². The molecule has 1 heterocycles. The van der Waals surface area contributed by atoms with E-state index in [9.17, 15) is 4.79 Å². The number of amides is 1. The molecule has 0 fully saturated rings. The van der Waals surface area contributed by atoms with Crippen molar-refractivity contribution in [3.63, 3.8) is 0 Å². The van der Waals surface area contributed by atoms with Gasteiger partial charge in [-0.15, -0.1) is 11.3 Å². The number of anilines is 1. The van der Waals surface area contributed by atoms with Crippen molar-refractivity contribution in [2.24, 2.45) is 0 Å². The normalized spacial score (nSPS) is 10.4. The van der Waals surface area contributed by atoms with Crippen LogP contribution in [0.1, 0.15) is 32.7 Å². The van der Waals surface area contributed by atoms with Gasteiger partial charge in [0.15, 0.2) is 0 Å². The first kappa shape index (κ1) is 13.5. The predicted octanol–water partition coefficient (Wildman–Crippen LogP) is 2.53. The van der Waals surface area contributed by atoms with E-state index in [-0.39, 0.29) is 5.91 Å². The Kier molecular flexibility index (Phi) is 4.16. The summed E-state index contributed by atoms with van der Waals surface area (Å²) in [5.41, 5.74) is 7.87. The standard InChI is InChI=1S/C14H17N3OS/c1-3-10-7-16-12(19-10)8-17-14(18)11-6-4-5-9(2)13(11)15/h4-7H,3,8,15H2,1-2H3,(H,17,18). The van der Waals surface area contributed by atoms with Crippen LogP contribution in [0.5, 0.6) is 0 Å². The number of carbonyl (C=O) groups excluding carboxylic acids is 1. The second-order valence-electron chi connectivity index (χ2n) is 4.29. The first-order valence-electron chi connectivity index (χ1n) is 6.18. The van der Waals surface area contributed by atoms with Gasteiger partial charge in [0.1, 0.15) is 5.01 Å². The second kappa shape index (κ2) is 5.84. The van der Waals surface area contributed by atoms with Crippen LogP contribution in [-0.4, -0.2) is 10.9 Å². The molecular formula is C14H17N3OS. The smallest absolute Gasteiger partial charge is 0.253 e. The number of nitrogen functional groups attached to an aromatic ring is 1. The van der Waals surface area contributed by atoms with Crippen LogP contribution in [-0.2, 0) is 13.0 Å². The van der Waals surface area contributed by atoms with Crippen LogP contribution in [0.4, 0.5) is 5.69 Å². The highest BCUT2D eigenvalue weighted by Gasteiger charge is 2.11. The Morgan fingerprint density at radius 1 is 1.47 bits per heavy atom. The second-order valence-corrected chi connectivity index (χ2v) is 5.49. The molecule has 0 aliphatic rings. The van der Waals surface area contributed by atoms with E-state index in [1.165, 1.54) is 4.88 Å². The Morgan fingerprint density at radius 3 is 2.95 bits per heavy atom. The number of carbonyl (C=O) groups is 1. The molecule has 4 nitrogen and oxygen atoms in total. The summed E-state index contributed by atoms with van der Waals surface area (Å²) in [5.74, 6) is -0.158. The van der Waals surface area contributed by atoms with Gasteiger partial charge in [0.25, 0.3) is 5.91 Å². The molecule has 0 saturated heterocycles. The van der Waals surface area contributed by atoms with Gasteiger partial charge in [-0.1, -0.05) is 19.1 Å². The number of aryl methyl sites for hydroxylation is 2. The SMILES string of the molecule is CCc1cnc(CNC(=O)c2cccc(C)c2N)s1. The summed E-state index contributed by atoms with van der Waals surface area (Å²) in [7, 11) is 0. The van der Waals surface area contributed by atoms with Crippen LogP contribution in [0.2, 0.25) is 0 Å². The minimum atomic E-state index is -0.158. The monoisotopic (exact) mass is 275 g/mol. The summed E-state index contributed by atoms with van der Waals surface area (Å²) >= 11 is 1.62. The molecule has 0 bridgehead atoms. The van der Waals surface area contributed by atoms with Crippen molar-refractivity contribution in [2.75, 3.05) is 5.73 Å². The summed E-state index contributed by atoms with van der Waals surface area (Å²) in [6.07, 6.45) is 2.82. The maximum atomic E-state index is 12.1. The number of hydrogen-bond donors (Lipinski definition) is 2. The summed E-state index contributed by atoms with van der Waals surface area (Å²) < 4.78 is 0. The van der Waals surface area contributed by atoms with Crippen molar-refractivity contribution >= 4 is 22.9 Å². The topological polar surface area (TPSA) is 68.0 Å². The van der Waals surface area contributed by atoms with Gasteiger partial charge in [-0.25, -0.2) is 4.98 Å². The Morgan fingerprint density at radius 2 is 2.26 bits per heavy atom. The number of rotatable bonds is 4. The van der Waals surface area contributed by atoms with Gasteiger partial charge in [0.2, 0.25) is 0 Å². The van der Waals surface area contributed by atoms with Crippen molar-refractivity contribution < 1.29 is 4.79 Å². The van der Waals surface area contributed by atoms with Crippen LogP contribution < -0.4 is 11.1 Å². The third kappa shape index (κ3) is 3.12. The van der Waals surface area contributed by atoms with E-state index in [4.69, 9.17) is 5.73 Å². The molecule has 5 heteroatoms. The number of nitrogens with one attached hydrogen (secondary N) is 1. The minimum Gasteiger partial charge on any atom is -0.398 e. The number of nitrogens with two attached hydrogens (primary N) is 1. The zero-order valence-electron chi connectivity index (χ0n) is 11.1. The molecular weight excluding hydrogens is 258 g/mol. The zero-order valence-corrected chi connectivity index (χ0v) is 11.9. The quantitative estimate of drug-likeness (QED) is 0.842. The molecule has 0 spiro atoms. The number of para-hydroxylation sites is 1. The predicted molar refractivity (Wildman–Crippen MR) is 78.3 cm³/mol. The van der Waals surface area contributed by atoms with Gasteiger partial charge >= 0.3 is 0 Å². The van der Waals surface area contributed by atoms with E-state index in [1.807, 2.05) is 25.3 Å². The average molecular weight is 275 g/mol. The molecule has 0 aliphatic heterocycles. The summed E-state index contributed by atoms with van der Waals surface area (Å²) in [6, 6.07) is 5.46. The van der Waals surface area contributed by atoms with E-state index in [0.717, 1.165) is 17.0 Å². The number of benzene rings is 1. The third-order valence-corrected chi connectivity index (χ3v) is 4.06. The van der Waals surface area contributed by atoms with Crippen molar-refractivity contribution in [3.05, 3.63) is 45.4 Å². The van der Waals surface area contributed by atoms with E-state index in [1.54, 1.807) is 17.4 Å². The van der Waals surface area contributed by atoms with Crippen LogP contribution in [0.25, 0.3) is 0 Å². The molecule has 19 heavy (non-hydrogen) atoms. The highest BCUT2D eigenvalue weighted by molar-refractivity contribution is 7.11. The molecule has 1 amide bonds. The first-order chi connectivity index (χ1) is 9.11. The zero-order chi connectivity index (χ0) is 13.8. The fraction of sp³-hybridized carbons (Fsp3) is 0.286. The lowest BCUT2D eigenvalue weighted by atomic mass is 10.1. The van der Waals surface area contributed by atoms with E-state index >= 15 is 0 Å². The third-order valence-electron chi connectivity index (χ3n) is 2.92. The largest absolute Gasteiger partial charge is 0.398 e. The van der Waals surface area contributed by atoms with E-state index < -0.39 is 0 Å². The first-order valence-corrected chi connectivity index (χ1v) is 7.00. The Labute approximate surface area is 116 Å². The number of nitrogens with zero attached hydrogens (tertiary/aromatic N) is 1. The fourth-order valence-corrected chi connectivity index (χ4v) is 2.53. The molecule has 0 aliphatic carbocycles. The summed E-state index contributed by atoms with van der Waals surface area (Å²) in [6.45, 7) is 4.42. The maximum absolute atomic E-state index is 12.1. The minimum absolute atomic E-state index is 0.158. The van der Waals surface area contributed by atoms with Gasteiger partial charge in [0, 0.05) is 16.8 Å². The maximum Gasteiger partial charge on any atom is 0.253 e. The number of hydrogen-bond acceptors (Lipinski definition) is 4. The molecule has 0 saturated carbocycles. The van der Waals surface area contributed by atoms with Crippen molar-refractivity contribution in [2.45, 2.75) is 26.8 Å². The molecule has 2 rings (SSSR count). The van der Waals surface area contributed by atoms with Crippen LogP contribution in [0.3, 0.4) is 0 Å². The van der Waals surface area contributed by atoms with E-state index in [0.29, 0.717) is 17.8 Å². The lowest BCUT2D eigenvalue weighted by Gasteiger charge is -2.08. The average Bonchev–Trinajstić information content (AvgIpc) is 2.87. The van der Waals surface area contributed by atoms with Gasteiger partial charge < -0.3 is 11.1 Å². The molecule has 2 aromatic rings. The lowest BCUT2D eigenvalue weighted by molar-refractivity contribution is 0.0951. The molecule has 1 aromatic carbocycles. The Bertz CT molecular complexity index is 592. The lowest BCUT2D eigenvalue weighted by Crippen LogP contribution is -2.23. The van der Waals surface area contributed by atoms with Gasteiger partial charge in [-0.05, 0) is 25.0 Å². The molecule has 0 radical (unpaired) electrons. The summed E-state index contributed by atoms with van der Waals surface area (Å²) in [4.78, 5) is 17.5. The molecule has 0 unspecified atom stereocenters. The summed E-state index contributed by atoms with van der Waals surface area (Å²) in [5, 5.41) is 3.76. The van der Waals surface area contributed by atoms with Gasteiger partial charge in [0.05, 0.1) is 12.1 Å². The van der Waals surface area contributed by atoms with Gasteiger partial charge in [-0.2, -0.15) is 0 Å².